The van der Waals surface area contributed by atoms with Crippen LogP contribution in [-0.2, 0) is 10.3 Å². The zero-order valence-corrected chi connectivity index (χ0v) is 20.5. The molecule has 1 saturated heterocycles. The van der Waals surface area contributed by atoms with Gasteiger partial charge in [0.1, 0.15) is 22.8 Å². The summed E-state index contributed by atoms with van der Waals surface area (Å²) in [5.41, 5.74) is 1.55. The smallest absolute Gasteiger partial charge is 0.256 e. The first-order chi connectivity index (χ1) is 17.3. The Morgan fingerprint density at radius 1 is 1.14 bits per heavy atom. The van der Waals surface area contributed by atoms with Crippen molar-refractivity contribution in [2.45, 2.75) is 19.4 Å². The van der Waals surface area contributed by atoms with Crippen molar-refractivity contribution >= 4 is 34.9 Å². The summed E-state index contributed by atoms with van der Waals surface area (Å²) in [7, 11) is 0. The third-order valence-corrected chi connectivity index (χ3v) is 5.56. The van der Waals surface area contributed by atoms with Gasteiger partial charge in [-0.3, -0.25) is 4.79 Å². The summed E-state index contributed by atoms with van der Waals surface area (Å²) in [4.78, 5) is 28.4. The van der Waals surface area contributed by atoms with Gasteiger partial charge in [0.15, 0.2) is 0 Å². The van der Waals surface area contributed by atoms with E-state index in [1.807, 2.05) is 24.3 Å². The van der Waals surface area contributed by atoms with E-state index in [9.17, 15) is 9.90 Å². The van der Waals surface area contributed by atoms with Crippen molar-refractivity contribution in [3.63, 3.8) is 0 Å². The lowest BCUT2D eigenvalue weighted by atomic mass is 10.1. The Balaban J connectivity index is 1.58. The van der Waals surface area contributed by atoms with Crippen molar-refractivity contribution in [3.05, 3.63) is 72.6 Å². The number of benzene rings is 1. The highest BCUT2D eigenvalue weighted by atomic mass is 16.5. The molecule has 0 spiro atoms. The molecule has 1 fully saturated rings. The second kappa shape index (κ2) is 11.1. The zero-order chi connectivity index (χ0) is 25.5. The second-order valence-electron chi connectivity index (χ2n) is 8.82. The van der Waals surface area contributed by atoms with Crippen molar-refractivity contribution in [3.8, 4) is 0 Å². The number of ether oxygens (including phenoxy) is 1. The summed E-state index contributed by atoms with van der Waals surface area (Å²) < 4.78 is 5.42. The molecule has 1 aliphatic heterocycles. The van der Waals surface area contributed by atoms with E-state index in [0.29, 0.717) is 24.0 Å². The number of rotatable bonds is 9. The molecule has 1 aliphatic rings. The van der Waals surface area contributed by atoms with Gasteiger partial charge in [-0.15, -0.1) is 6.58 Å². The van der Waals surface area contributed by atoms with Gasteiger partial charge in [-0.1, -0.05) is 12.1 Å². The van der Waals surface area contributed by atoms with E-state index in [1.165, 1.54) is 6.20 Å². The zero-order valence-electron chi connectivity index (χ0n) is 20.5. The highest BCUT2D eigenvalue weighted by Gasteiger charge is 2.20. The van der Waals surface area contributed by atoms with Gasteiger partial charge >= 0.3 is 0 Å². The molecule has 0 unspecified atom stereocenters. The van der Waals surface area contributed by atoms with Crippen molar-refractivity contribution in [1.82, 2.24) is 20.3 Å². The lowest BCUT2D eigenvalue weighted by Gasteiger charge is -2.28. The monoisotopic (exact) mass is 489 g/mol. The highest BCUT2D eigenvalue weighted by Crippen LogP contribution is 2.25. The molecule has 188 valence electrons. The van der Waals surface area contributed by atoms with Crippen molar-refractivity contribution in [1.29, 1.82) is 0 Å². The lowest BCUT2D eigenvalue weighted by molar-refractivity contribution is 0.0740. The summed E-state index contributed by atoms with van der Waals surface area (Å²) >= 11 is 0. The molecule has 0 bridgehead atoms. The third kappa shape index (κ3) is 6.35. The maximum atomic E-state index is 12.7. The van der Waals surface area contributed by atoms with Crippen LogP contribution in [-0.4, -0.2) is 58.8 Å². The molecule has 36 heavy (non-hydrogen) atoms. The van der Waals surface area contributed by atoms with Crippen LogP contribution >= 0.6 is 0 Å². The average Bonchev–Trinajstić information content (AvgIpc) is 2.88. The molecule has 1 aromatic carbocycles. The molecular weight excluding hydrogens is 458 g/mol. The molecule has 0 aliphatic carbocycles. The fourth-order valence-electron chi connectivity index (χ4n) is 3.64. The Hall–Kier alpha value is -4.02. The van der Waals surface area contributed by atoms with Gasteiger partial charge in [-0.2, -0.15) is 4.98 Å². The third-order valence-electron chi connectivity index (χ3n) is 5.56. The number of hydrogen-bond acceptors (Lipinski definition) is 9. The molecule has 0 atom stereocenters. The van der Waals surface area contributed by atoms with Crippen LogP contribution in [0.25, 0.3) is 0 Å². The first-order valence-electron chi connectivity index (χ1n) is 11.8. The van der Waals surface area contributed by atoms with E-state index in [2.05, 4.69) is 42.4 Å². The molecule has 3 heterocycles. The van der Waals surface area contributed by atoms with Gasteiger partial charge < -0.3 is 30.7 Å². The molecule has 3 aromatic rings. The van der Waals surface area contributed by atoms with Crippen LogP contribution < -0.4 is 20.9 Å². The van der Waals surface area contributed by atoms with Crippen molar-refractivity contribution in [2.24, 2.45) is 0 Å². The molecule has 10 nitrogen and oxygen atoms in total. The number of pyridine rings is 1. The summed E-state index contributed by atoms with van der Waals surface area (Å²) in [6.45, 7) is 10.4. The van der Waals surface area contributed by atoms with Crippen molar-refractivity contribution in [2.75, 3.05) is 48.4 Å². The molecule has 4 N–H and O–H groups in total. The normalized spacial score (nSPS) is 13.7. The number of aliphatic hydroxyl groups is 1. The number of hydrogen-bond donors (Lipinski definition) is 4. The quantitative estimate of drug-likeness (QED) is 0.335. The summed E-state index contributed by atoms with van der Waals surface area (Å²) in [5, 5.41) is 19.4. The number of carbonyl (C=O) groups excluding carboxylic acids is 1. The molecule has 10 heteroatoms. The van der Waals surface area contributed by atoms with E-state index in [-0.39, 0.29) is 17.3 Å². The minimum atomic E-state index is -1.12. The lowest BCUT2D eigenvalue weighted by Crippen LogP contribution is -2.36. The summed E-state index contributed by atoms with van der Waals surface area (Å²) in [6, 6.07) is 13.2. The Morgan fingerprint density at radius 2 is 1.89 bits per heavy atom. The number of morpholine rings is 1. The van der Waals surface area contributed by atoms with Crippen LogP contribution in [0.2, 0.25) is 0 Å². The Morgan fingerprint density at radius 3 is 2.58 bits per heavy atom. The number of anilines is 5. The number of nitrogens with one attached hydrogen (secondary N) is 3. The predicted molar refractivity (Wildman–Crippen MR) is 140 cm³/mol. The second-order valence-corrected chi connectivity index (χ2v) is 8.82. The van der Waals surface area contributed by atoms with Gasteiger partial charge in [-0.05, 0) is 50.2 Å². The molecule has 0 saturated carbocycles. The van der Waals surface area contributed by atoms with E-state index < -0.39 is 5.60 Å². The molecule has 0 radical (unpaired) electrons. The maximum absolute atomic E-state index is 12.7. The first-order valence-corrected chi connectivity index (χ1v) is 11.8. The molecule has 2 aromatic heterocycles. The number of nitrogens with zero attached hydrogens (tertiary/aromatic N) is 4. The summed E-state index contributed by atoms with van der Waals surface area (Å²) in [5.74, 6) is 0.680. The SMILES string of the molecule is C=CCNC(=O)c1cnc(Nc2ccc(N3CCOCC3)cc2)nc1Nc1cccc(C(C)(C)O)n1. The fraction of sp³-hybridized carbons (Fsp3) is 0.308. The van der Waals surface area contributed by atoms with E-state index >= 15 is 0 Å². The molecule has 4 rings (SSSR count). The fourth-order valence-corrected chi connectivity index (χ4v) is 3.64. The van der Waals surface area contributed by atoms with Gasteiger partial charge in [0, 0.05) is 37.2 Å². The van der Waals surface area contributed by atoms with Crippen LogP contribution in [0.15, 0.2) is 61.3 Å². The highest BCUT2D eigenvalue weighted by molar-refractivity contribution is 5.99. The average molecular weight is 490 g/mol. The van der Waals surface area contributed by atoms with Crippen LogP contribution in [0.3, 0.4) is 0 Å². The summed E-state index contributed by atoms with van der Waals surface area (Å²) in [6.07, 6.45) is 3.05. The molecular formula is C26H31N7O3. The number of aromatic nitrogens is 3. The van der Waals surface area contributed by atoms with Crippen LogP contribution in [0.4, 0.5) is 29.0 Å². The van der Waals surface area contributed by atoms with Crippen LogP contribution in [0.1, 0.15) is 29.9 Å². The predicted octanol–water partition coefficient (Wildman–Crippen LogP) is 3.34. The largest absolute Gasteiger partial charge is 0.384 e. The standard InChI is InChI=1S/C26H31N7O3/c1-4-12-27-24(34)20-17-28-25(29-18-8-10-19(11-9-18)33-13-15-36-16-14-33)32-23(20)31-22-7-5-6-21(30-22)26(2,3)35/h4-11,17,35H,1,12-16H2,2-3H3,(H,27,34)(H2,28,29,30,31,32). The van der Waals surface area contributed by atoms with Gasteiger partial charge in [0.05, 0.1) is 18.9 Å². The van der Waals surface area contributed by atoms with Crippen LogP contribution in [0.5, 0.6) is 0 Å². The minimum absolute atomic E-state index is 0.250. The minimum Gasteiger partial charge on any atom is -0.384 e. The Kier molecular flexibility index (Phi) is 7.77. The van der Waals surface area contributed by atoms with Gasteiger partial charge in [0.2, 0.25) is 5.95 Å². The van der Waals surface area contributed by atoms with Crippen LogP contribution in [0, 0.1) is 0 Å². The van der Waals surface area contributed by atoms with E-state index in [4.69, 9.17) is 4.74 Å². The van der Waals surface area contributed by atoms with Gasteiger partial charge in [0.25, 0.3) is 5.91 Å². The molecule has 1 amide bonds. The number of carbonyl (C=O) groups is 1. The maximum Gasteiger partial charge on any atom is 0.256 e. The topological polar surface area (TPSA) is 125 Å². The Bertz CT molecular complexity index is 1200. The Labute approximate surface area is 210 Å². The van der Waals surface area contributed by atoms with E-state index in [1.54, 1.807) is 38.1 Å². The number of amides is 1. The first kappa shape index (κ1) is 25.1. The van der Waals surface area contributed by atoms with Gasteiger partial charge in [-0.25, -0.2) is 9.97 Å². The van der Waals surface area contributed by atoms with Crippen molar-refractivity contribution < 1.29 is 14.6 Å². The van der Waals surface area contributed by atoms with E-state index in [0.717, 1.165) is 37.7 Å².